The number of hydrogen-bond donors (Lipinski definition) is 0. The summed E-state index contributed by atoms with van der Waals surface area (Å²) in [6.07, 6.45) is 2.10. The Morgan fingerprint density at radius 2 is 2.04 bits per heavy atom. The van der Waals surface area contributed by atoms with Gasteiger partial charge in [-0.1, -0.05) is 51.4 Å². The molecule has 2 aliphatic rings. The molecule has 0 aliphatic carbocycles. The zero-order valence-corrected chi connectivity index (χ0v) is 17.4. The lowest BCUT2D eigenvalue weighted by Crippen LogP contribution is -2.42. The summed E-state index contributed by atoms with van der Waals surface area (Å²) in [5.74, 6) is 0.663. The molecule has 2 atom stereocenters. The monoisotopic (exact) mass is 450 g/mol. The van der Waals surface area contributed by atoms with Gasteiger partial charge in [-0.05, 0) is 42.2 Å². The molecule has 1 spiro atoms. The third-order valence-corrected chi connectivity index (χ3v) is 6.27. The molecule has 0 bridgehead atoms. The predicted molar refractivity (Wildman–Crippen MR) is 109 cm³/mol. The van der Waals surface area contributed by atoms with Crippen LogP contribution in [0, 0.1) is 0 Å². The Kier molecular flexibility index (Phi) is 4.53. The van der Waals surface area contributed by atoms with Gasteiger partial charge in [0.2, 0.25) is 0 Å². The fourth-order valence-electron chi connectivity index (χ4n) is 3.51. The zero-order valence-electron chi connectivity index (χ0n) is 14.2. The molecule has 4 nitrogen and oxygen atoms in total. The third kappa shape index (κ3) is 2.75. The van der Waals surface area contributed by atoms with E-state index in [0.717, 1.165) is 20.8 Å². The van der Waals surface area contributed by atoms with Gasteiger partial charge in [0.1, 0.15) is 11.9 Å². The summed E-state index contributed by atoms with van der Waals surface area (Å²) in [5.41, 5.74) is 0.818. The first-order valence-electron chi connectivity index (χ1n) is 8.09. The average Bonchev–Trinajstić information content (AvgIpc) is 2.88. The number of amidine groups is 1. The smallest absolute Gasteiger partial charge is 0.261 e. The minimum atomic E-state index is -0.964. The van der Waals surface area contributed by atoms with Crippen LogP contribution in [0.4, 0.5) is 0 Å². The minimum Gasteiger partial charge on any atom is -0.485 e. The number of likely N-dealkylation sites (N-methyl/N-ethyl adjacent to an activating group) is 1. The van der Waals surface area contributed by atoms with Crippen molar-refractivity contribution >= 4 is 50.4 Å². The van der Waals surface area contributed by atoms with Crippen LogP contribution in [-0.2, 0) is 10.3 Å². The first-order valence-corrected chi connectivity index (χ1v) is 10.5. The van der Waals surface area contributed by atoms with Crippen LogP contribution in [0.2, 0.25) is 5.02 Å². The van der Waals surface area contributed by atoms with Crippen molar-refractivity contribution in [3.05, 3.63) is 63.1 Å². The van der Waals surface area contributed by atoms with Gasteiger partial charge < -0.3 is 4.74 Å². The van der Waals surface area contributed by atoms with Gasteiger partial charge in [0, 0.05) is 28.5 Å². The Morgan fingerprint density at radius 3 is 2.69 bits per heavy atom. The molecule has 134 valence electrons. The van der Waals surface area contributed by atoms with Crippen LogP contribution in [0.5, 0.6) is 5.75 Å². The van der Waals surface area contributed by atoms with E-state index in [1.165, 1.54) is 11.8 Å². The molecule has 0 N–H and O–H groups in total. The van der Waals surface area contributed by atoms with Crippen LogP contribution in [0.3, 0.4) is 0 Å². The average molecular weight is 452 g/mol. The first kappa shape index (κ1) is 17.9. The molecule has 2 heterocycles. The lowest BCUT2D eigenvalue weighted by Gasteiger charge is -2.37. The number of ether oxygens (including phenoxy) is 1. The maximum absolute atomic E-state index is 13.3. The topological polar surface area (TPSA) is 41.9 Å². The van der Waals surface area contributed by atoms with E-state index in [9.17, 15) is 4.79 Å². The fourth-order valence-corrected chi connectivity index (χ4v) is 4.60. The highest BCUT2D eigenvalue weighted by atomic mass is 79.9. The molecule has 0 saturated heterocycles. The molecule has 2 aromatic rings. The van der Waals surface area contributed by atoms with Gasteiger partial charge in [-0.2, -0.15) is 0 Å². The molecule has 0 fully saturated rings. The van der Waals surface area contributed by atoms with Crippen LogP contribution in [0.25, 0.3) is 0 Å². The number of fused-ring (bicyclic) bond motifs is 2. The summed E-state index contributed by atoms with van der Waals surface area (Å²) in [4.78, 5) is 19.8. The summed E-state index contributed by atoms with van der Waals surface area (Å²) in [7, 11) is 1.77. The van der Waals surface area contributed by atoms with E-state index in [1.54, 1.807) is 11.9 Å². The maximum atomic E-state index is 13.3. The van der Waals surface area contributed by atoms with Crippen LogP contribution >= 0.6 is 39.3 Å². The summed E-state index contributed by atoms with van der Waals surface area (Å²) < 4.78 is 7.14. The predicted octanol–water partition coefficient (Wildman–Crippen LogP) is 5.01. The highest BCUT2D eigenvalue weighted by molar-refractivity contribution is 9.10. The van der Waals surface area contributed by atoms with Crippen molar-refractivity contribution in [2.24, 2.45) is 4.99 Å². The number of halogens is 2. The molecule has 7 heteroatoms. The molecule has 2 aliphatic heterocycles. The maximum Gasteiger partial charge on any atom is 0.261 e. The number of amides is 1. The molecule has 1 amide bonds. The van der Waals surface area contributed by atoms with Gasteiger partial charge >= 0.3 is 0 Å². The van der Waals surface area contributed by atoms with E-state index in [-0.39, 0.29) is 12.0 Å². The summed E-state index contributed by atoms with van der Waals surface area (Å²) in [5, 5.41) is 1.39. The van der Waals surface area contributed by atoms with Crippen molar-refractivity contribution in [3.63, 3.8) is 0 Å². The van der Waals surface area contributed by atoms with E-state index in [1.807, 2.05) is 48.7 Å². The molecular weight excluding hydrogens is 436 g/mol. The van der Waals surface area contributed by atoms with Crippen LogP contribution in [-0.4, -0.2) is 29.3 Å². The molecule has 4 rings (SSSR count). The second-order valence-corrected chi connectivity index (χ2v) is 8.45. The molecule has 26 heavy (non-hydrogen) atoms. The van der Waals surface area contributed by atoms with E-state index < -0.39 is 5.54 Å². The third-order valence-electron chi connectivity index (χ3n) is 4.79. The number of carbonyl (C=O) groups excluding carboxylic acids is 1. The van der Waals surface area contributed by atoms with Crippen LogP contribution in [0.15, 0.2) is 51.9 Å². The Hall–Kier alpha value is -1.50. The summed E-state index contributed by atoms with van der Waals surface area (Å²) >= 11 is 11.0. The van der Waals surface area contributed by atoms with E-state index in [2.05, 4.69) is 15.9 Å². The van der Waals surface area contributed by atoms with Crippen molar-refractivity contribution in [1.82, 2.24) is 4.90 Å². The Bertz CT molecular complexity index is 918. The van der Waals surface area contributed by atoms with Gasteiger partial charge in [0.05, 0.1) is 0 Å². The number of carbonyl (C=O) groups is 1. The largest absolute Gasteiger partial charge is 0.485 e. The zero-order chi connectivity index (χ0) is 18.5. The Balaban J connectivity index is 1.87. The summed E-state index contributed by atoms with van der Waals surface area (Å²) in [6, 6.07) is 13.3. The molecule has 0 aromatic heterocycles. The number of rotatable bonds is 1. The second kappa shape index (κ2) is 6.59. The molecule has 0 radical (unpaired) electrons. The highest BCUT2D eigenvalue weighted by Crippen LogP contribution is 2.51. The first-order chi connectivity index (χ1) is 12.4. The Labute approximate surface area is 169 Å². The van der Waals surface area contributed by atoms with E-state index >= 15 is 0 Å². The van der Waals surface area contributed by atoms with Crippen molar-refractivity contribution in [1.29, 1.82) is 0 Å². The van der Waals surface area contributed by atoms with E-state index in [4.69, 9.17) is 21.3 Å². The lowest BCUT2D eigenvalue weighted by atomic mass is 9.80. The van der Waals surface area contributed by atoms with Gasteiger partial charge in [-0.25, -0.2) is 4.99 Å². The van der Waals surface area contributed by atoms with Gasteiger partial charge in [0.25, 0.3) is 5.91 Å². The van der Waals surface area contributed by atoms with Gasteiger partial charge in [-0.15, -0.1) is 0 Å². The molecule has 2 unspecified atom stereocenters. The SMILES string of the molecule is CSC1=NC2(CC(c3ccc(Cl)cc3)Oc3ccc(Br)cc32)C(=O)N1C. The molecule has 2 aromatic carbocycles. The minimum absolute atomic E-state index is 0.0246. The molecule has 0 saturated carbocycles. The van der Waals surface area contributed by atoms with E-state index in [0.29, 0.717) is 17.2 Å². The number of nitrogens with zero attached hydrogens (tertiary/aromatic N) is 2. The standard InChI is InChI=1S/C19H16BrClN2O2S/c1-23-17(24)19(22-18(23)26-2)10-16(11-3-6-13(21)7-4-11)25-15-8-5-12(20)9-14(15)19/h3-9,16H,10H2,1-2H3. The fraction of sp³-hybridized carbons (Fsp3) is 0.263. The normalized spacial score (nSPS) is 24.5. The lowest BCUT2D eigenvalue weighted by molar-refractivity contribution is -0.132. The van der Waals surface area contributed by atoms with Crippen LogP contribution in [0.1, 0.15) is 23.7 Å². The van der Waals surface area contributed by atoms with Crippen molar-refractivity contribution in [3.8, 4) is 5.75 Å². The van der Waals surface area contributed by atoms with Gasteiger partial charge in [0.15, 0.2) is 10.7 Å². The summed E-state index contributed by atoms with van der Waals surface area (Å²) in [6.45, 7) is 0. The second-order valence-electron chi connectivity index (χ2n) is 6.33. The van der Waals surface area contributed by atoms with Gasteiger partial charge in [-0.3, -0.25) is 9.69 Å². The number of thioether (sulfide) groups is 1. The van der Waals surface area contributed by atoms with Crippen molar-refractivity contribution in [2.75, 3.05) is 13.3 Å². The van der Waals surface area contributed by atoms with Crippen molar-refractivity contribution in [2.45, 2.75) is 18.1 Å². The molecular formula is C19H16BrClN2O2S. The van der Waals surface area contributed by atoms with Crippen molar-refractivity contribution < 1.29 is 9.53 Å². The number of aliphatic imine (C=N–C) groups is 1. The number of benzene rings is 2. The quantitative estimate of drug-likeness (QED) is 0.612. The Morgan fingerprint density at radius 1 is 1.31 bits per heavy atom. The highest BCUT2D eigenvalue weighted by Gasteiger charge is 2.53. The number of hydrogen-bond acceptors (Lipinski definition) is 4. The van der Waals surface area contributed by atoms with Crippen LogP contribution < -0.4 is 4.74 Å².